The first-order valence-corrected chi connectivity index (χ1v) is 7.07. The number of benzene rings is 1. The van der Waals surface area contributed by atoms with E-state index in [0.29, 0.717) is 12.5 Å². The van der Waals surface area contributed by atoms with Crippen LogP contribution in [0.2, 0.25) is 0 Å². The van der Waals surface area contributed by atoms with Gasteiger partial charge in [-0.15, -0.1) is 0 Å². The summed E-state index contributed by atoms with van der Waals surface area (Å²) < 4.78 is 28.0. The van der Waals surface area contributed by atoms with Crippen molar-refractivity contribution in [1.82, 2.24) is 0 Å². The van der Waals surface area contributed by atoms with E-state index in [-0.39, 0.29) is 11.7 Å². The Hall–Kier alpha value is -1.65. The van der Waals surface area contributed by atoms with Gasteiger partial charge in [0.2, 0.25) is 0 Å². The number of halogens is 2. The Morgan fingerprint density at radius 2 is 1.90 bits per heavy atom. The number of hydrogen-bond acceptors (Lipinski definition) is 2. The summed E-state index contributed by atoms with van der Waals surface area (Å²) in [5.74, 6) is -3.16. The number of carbonyl (C=O) groups is 1. The lowest BCUT2D eigenvalue weighted by Crippen LogP contribution is -2.43. The summed E-state index contributed by atoms with van der Waals surface area (Å²) >= 11 is 0. The summed E-state index contributed by atoms with van der Waals surface area (Å²) in [4.78, 5) is 12.8. The molecule has 2 fully saturated rings. The number of fused-ring (bicyclic) bond motifs is 1. The largest absolute Gasteiger partial charge is 0.478 e. The first-order chi connectivity index (χ1) is 9.59. The zero-order chi connectivity index (χ0) is 14.3. The molecule has 3 rings (SSSR count). The van der Waals surface area contributed by atoms with Gasteiger partial charge in [0, 0.05) is 12.6 Å². The van der Waals surface area contributed by atoms with E-state index in [4.69, 9.17) is 5.11 Å². The number of piperidine rings is 1. The molecule has 5 heteroatoms. The SMILES string of the molecule is O=C(O)c1ccc(N2CCCC3CCCC32)c(F)c1F. The molecule has 1 N–H and O–H groups in total. The van der Waals surface area contributed by atoms with Crippen molar-refractivity contribution in [2.75, 3.05) is 11.4 Å². The Morgan fingerprint density at radius 3 is 2.65 bits per heavy atom. The second kappa shape index (κ2) is 5.04. The highest BCUT2D eigenvalue weighted by Crippen LogP contribution is 2.40. The van der Waals surface area contributed by atoms with Crippen molar-refractivity contribution >= 4 is 11.7 Å². The third-order valence-electron chi connectivity index (χ3n) is 4.59. The lowest BCUT2D eigenvalue weighted by atomic mass is 9.91. The monoisotopic (exact) mass is 281 g/mol. The van der Waals surface area contributed by atoms with E-state index < -0.39 is 23.2 Å². The number of carboxylic acid groups (broad SMARTS) is 1. The fourth-order valence-corrected chi connectivity index (χ4v) is 3.68. The summed E-state index contributed by atoms with van der Waals surface area (Å²) in [6, 6.07) is 2.84. The van der Waals surface area contributed by atoms with E-state index in [1.54, 1.807) is 0 Å². The van der Waals surface area contributed by atoms with Crippen LogP contribution < -0.4 is 4.90 Å². The van der Waals surface area contributed by atoms with Gasteiger partial charge in [-0.1, -0.05) is 6.42 Å². The average Bonchev–Trinajstić information content (AvgIpc) is 2.89. The molecule has 20 heavy (non-hydrogen) atoms. The standard InChI is InChI=1S/C15H17F2NO2/c16-13-10(15(19)20)6-7-12(14(13)17)18-8-2-4-9-3-1-5-11(9)18/h6-7,9,11H,1-5,8H2,(H,19,20). The average molecular weight is 281 g/mol. The maximum Gasteiger partial charge on any atom is 0.338 e. The molecular weight excluding hydrogens is 264 g/mol. The van der Waals surface area contributed by atoms with Crippen molar-refractivity contribution < 1.29 is 18.7 Å². The molecule has 1 aliphatic heterocycles. The van der Waals surface area contributed by atoms with Gasteiger partial charge in [0.1, 0.15) is 0 Å². The minimum absolute atomic E-state index is 0.212. The molecule has 0 spiro atoms. The van der Waals surface area contributed by atoms with Gasteiger partial charge in [0.05, 0.1) is 11.3 Å². The van der Waals surface area contributed by atoms with Crippen LogP contribution >= 0.6 is 0 Å². The van der Waals surface area contributed by atoms with Gasteiger partial charge >= 0.3 is 5.97 Å². The highest BCUT2D eigenvalue weighted by Gasteiger charge is 2.36. The van der Waals surface area contributed by atoms with E-state index >= 15 is 0 Å². The topological polar surface area (TPSA) is 40.5 Å². The molecule has 3 nitrogen and oxygen atoms in total. The number of rotatable bonds is 2. The van der Waals surface area contributed by atoms with Gasteiger partial charge in [0.25, 0.3) is 0 Å². The molecule has 1 saturated carbocycles. The lowest BCUT2D eigenvalue weighted by Gasteiger charge is -2.39. The molecule has 108 valence electrons. The van der Waals surface area contributed by atoms with Crippen LogP contribution in [0.15, 0.2) is 12.1 Å². The maximum absolute atomic E-state index is 14.2. The van der Waals surface area contributed by atoms with Gasteiger partial charge in [-0.05, 0) is 43.7 Å². The summed E-state index contributed by atoms with van der Waals surface area (Å²) in [5, 5.41) is 8.82. The zero-order valence-electron chi connectivity index (χ0n) is 11.1. The quantitative estimate of drug-likeness (QED) is 0.902. The van der Waals surface area contributed by atoms with E-state index in [1.165, 1.54) is 6.07 Å². The second-order valence-corrected chi connectivity index (χ2v) is 5.66. The van der Waals surface area contributed by atoms with E-state index in [1.807, 2.05) is 4.90 Å². The first-order valence-electron chi connectivity index (χ1n) is 7.07. The molecule has 0 bridgehead atoms. The predicted molar refractivity (Wildman–Crippen MR) is 71.0 cm³/mol. The van der Waals surface area contributed by atoms with Crippen LogP contribution in [0.3, 0.4) is 0 Å². The van der Waals surface area contributed by atoms with Gasteiger partial charge in [0.15, 0.2) is 11.6 Å². The van der Waals surface area contributed by atoms with Gasteiger partial charge in [-0.3, -0.25) is 0 Å². The number of aromatic carboxylic acids is 1. The third-order valence-corrected chi connectivity index (χ3v) is 4.59. The highest BCUT2D eigenvalue weighted by molar-refractivity contribution is 5.88. The Bertz CT molecular complexity index is 547. The molecule has 0 aromatic heterocycles. The van der Waals surface area contributed by atoms with Crippen molar-refractivity contribution in [3.63, 3.8) is 0 Å². The fourth-order valence-electron chi connectivity index (χ4n) is 3.68. The van der Waals surface area contributed by atoms with Crippen LogP contribution in [-0.2, 0) is 0 Å². The van der Waals surface area contributed by atoms with Gasteiger partial charge < -0.3 is 10.0 Å². The fraction of sp³-hybridized carbons (Fsp3) is 0.533. The van der Waals surface area contributed by atoms with Crippen molar-refractivity contribution in [2.45, 2.75) is 38.1 Å². The van der Waals surface area contributed by atoms with Crippen molar-refractivity contribution in [1.29, 1.82) is 0 Å². The Morgan fingerprint density at radius 1 is 1.15 bits per heavy atom. The summed E-state index contributed by atoms with van der Waals surface area (Å²) in [6.45, 7) is 0.712. The minimum atomic E-state index is -1.44. The number of hydrogen-bond donors (Lipinski definition) is 1. The molecule has 2 aliphatic rings. The highest BCUT2D eigenvalue weighted by atomic mass is 19.2. The molecule has 2 atom stereocenters. The minimum Gasteiger partial charge on any atom is -0.478 e. The normalized spacial score (nSPS) is 25.6. The molecule has 2 unspecified atom stereocenters. The van der Waals surface area contributed by atoms with Crippen LogP contribution in [0, 0.1) is 17.6 Å². The van der Waals surface area contributed by atoms with Crippen LogP contribution in [0.1, 0.15) is 42.5 Å². The molecule has 1 aliphatic carbocycles. The van der Waals surface area contributed by atoms with Gasteiger partial charge in [-0.2, -0.15) is 0 Å². The van der Waals surface area contributed by atoms with Crippen molar-refractivity contribution in [3.05, 3.63) is 29.3 Å². The first kappa shape index (κ1) is 13.3. The molecule has 0 radical (unpaired) electrons. The third kappa shape index (κ3) is 2.05. The zero-order valence-corrected chi connectivity index (χ0v) is 11.1. The Labute approximate surface area is 116 Å². The summed E-state index contributed by atoms with van der Waals surface area (Å²) in [5.41, 5.74) is -0.393. The Kier molecular flexibility index (Phi) is 3.36. The predicted octanol–water partition coefficient (Wildman–Crippen LogP) is 3.43. The number of nitrogens with zero attached hydrogens (tertiary/aromatic N) is 1. The van der Waals surface area contributed by atoms with E-state index in [0.717, 1.165) is 38.2 Å². The molecule has 1 aromatic rings. The molecular formula is C15H17F2NO2. The maximum atomic E-state index is 14.2. The van der Waals surface area contributed by atoms with Crippen molar-refractivity contribution in [3.8, 4) is 0 Å². The van der Waals surface area contributed by atoms with E-state index in [2.05, 4.69) is 0 Å². The molecule has 1 heterocycles. The second-order valence-electron chi connectivity index (χ2n) is 5.66. The molecule has 1 saturated heterocycles. The molecule has 0 amide bonds. The van der Waals surface area contributed by atoms with E-state index in [9.17, 15) is 13.6 Å². The van der Waals surface area contributed by atoms with Crippen LogP contribution in [0.4, 0.5) is 14.5 Å². The van der Waals surface area contributed by atoms with Gasteiger partial charge in [-0.25, -0.2) is 13.6 Å². The molecule has 1 aromatic carbocycles. The lowest BCUT2D eigenvalue weighted by molar-refractivity contribution is 0.0690. The van der Waals surface area contributed by atoms with Crippen LogP contribution in [0.5, 0.6) is 0 Å². The van der Waals surface area contributed by atoms with Crippen molar-refractivity contribution in [2.24, 2.45) is 5.92 Å². The van der Waals surface area contributed by atoms with Crippen LogP contribution in [-0.4, -0.2) is 23.7 Å². The van der Waals surface area contributed by atoms with Crippen LogP contribution in [0.25, 0.3) is 0 Å². The number of anilines is 1. The Balaban J connectivity index is 1.97. The number of carboxylic acids is 1. The summed E-state index contributed by atoms with van der Waals surface area (Å²) in [6.07, 6.45) is 5.41. The smallest absolute Gasteiger partial charge is 0.338 e. The summed E-state index contributed by atoms with van der Waals surface area (Å²) in [7, 11) is 0.